The molecule has 0 N–H and O–H groups in total. The van der Waals surface area contributed by atoms with Gasteiger partial charge >= 0.3 is 0 Å². The highest BCUT2D eigenvalue weighted by Crippen LogP contribution is 2.22. The van der Waals surface area contributed by atoms with Gasteiger partial charge in [0.25, 0.3) is 0 Å². The van der Waals surface area contributed by atoms with Gasteiger partial charge in [-0.2, -0.15) is 0 Å². The van der Waals surface area contributed by atoms with E-state index >= 15 is 0 Å². The molecule has 2 rings (SSSR count). The Kier molecular flexibility index (Phi) is 5.56. The van der Waals surface area contributed by atoms with Gasteiger partial charge in [-0.15, -0.1) is 0 Å². The van der Waals surface area contributed by atoms with Crippen LogP contribution in [0.1, 0.15) is 37.3 Å². The fourth-order valence-corrected chi connectivity index (χ4v) is 2.61. The van der Waals surface area contributed by atoms with Crippen LogP contribution in [-0.4, -0.2) is 17.4 Å². The van der Waals surface area contributed by atoms with E-state index in [1.807, 2.05) is 60.4 Å². The highest BCUT2D eigenvalue weighted by Gasteiger charge is 2.23. The summed E-state index contributed by atoms with van der Waals surface area (Å²) in [5.41, 5.74) is 2.28. The largest absolute Gasteiger partial charge is 0.338 e. The molecule has 1 amide bonds. The predicted octanol–water partition coefficient (Wildman–Crippen LogP) is 4.23. The standard InChI is InChI=1S/C19H23NO/c1-3-18(17-13-9-6-10-14-17)19(21)20(4-2)15-16-11-7-5-8-12-16/h5-14,18H,3-4,15H2,1-2H3. The zero-order valence-electron chi connectivity index (χ0n) is 12.8. The quantitative estimate of drug-likeness (QED) is 0.776. The number of likely N-dealkylation sites (N-methyl/N-ethyl adjacent to an activating group) is 1. The smallest absolute Gasteiger partial charge is 0.230 e. The summed E-state index contributed by atoms with van der Waals surface area (Å²) in [6.07, 6.45) is 0.828. The lowest BCUT2D eigenvalue weighted by Gasteiger charge is -2.26. The number of carbonyl (C=O) groups is 1. The minimum atomic E-state index is -0.0464. The highest BCUT2D eigenvalue weighted by atomic mass is 16.2. The molecule has 21 heavy (non-hydrogen) atoms. The van der Waals surface area contributed by atoms with Gasteiger partial charge in [0.1, 0.15) is 0 Å². The molecular weight excluding hydrogens is 258 g/mol. The van der Waals surface area contributed by atoms with E-state index in [9.17, 15) is 4.79 Å². The fraction of sp³-hybridized carbons (Fsp3) is 0.316. The summed E-state index contributed by atoms with van der Waals surface area (Å²) in [5.74, 6) is 0.171. The van der Waals surface area contributed by atoms with Gasteiger partial charge in [-0.25, -0.2) is 0 Å². The molecule has 0 saturated carbocycles. The van der Waals surface area contributed by atoms with Crippen LogP contribution in [0.15, 0.2) is 60.7 Å². The molecule has 1 unspecified atom stereocenters. The van der Waals surface area contributed by atoms with E-state index in [0.29, 0.717) is 6.54 Å². The summed E-state index contributed by atoms with van der Waals surface area (Å²) in [4.78, 5) is 14.8. The molecule has 0 aliphatic rings. The number of hydrogen-bond donors (Lipinski definition) is 0. The molecule has 0 bridgehead atoms. The molecule has 0 saturated heterocycles. The van der Waals surface area contributed by atoms with Crippen molar-refractivity contribution in [1.29, 1.82) is 0 Å². The van der Waals surface area contributed by atoms with Crippen molar-refractivity contribution < 1.29 is 4.79 Å². The molecule has 0 fully saturated rings. The molecule has 0 aromatic heterocycles. The van der Waals surface area contributed by atoms with Crippen molar-refractivity contribution in [2.24, 2.45) is 0 Å². The zero-order chi connectivity index (χ0) is 15.1. The second-order valence-corrected chi connectivity index (χ2v) is 5.21. The first-order valence-corrected chi connectivity index (χ1v) is 7.63. The van der Waals surface area contributed by atoms with Crippen molar-refractivity contribution >= 4 is 5.91 Å². The SMILES string of the molecule is CCC(C(=O)N(CC)Cc1ccccc1)c1ccccc1. The number of hydrogen-bond acceptors (Lipinski definition) is 1. The minimum Gasteiger partial charge on any atom is -0.338 e. The van der Waals surface area contributed by atoms with Crippen molar-refractivity contribution in [3.05, 3.63) is 71.8 Å². The number of amides is 1. The van der Waals surface area contributed by atoms with E-state index in [1.165, 1.54) is 5.56 Å². The Morgan fingerprint density at radius 1 is 0.952 bits per heavy atom. The first-order valence-electron chi connectivity index (χ1n) is 7.63. The Labute approximate surface area is 127 Å². The van der Waals surface area contributed by atoms with Crippen molar-refractivity contribution in [2.75, 3.05) is 6.54 Å². The number of rotatable bonds is 6. The molecule has 0 spiro atoms. The predicted molar refractivity (Wildman–Crippen MR) is 87.0 cm³/mol. The van der Waals surface area contributed by atoms with Crippen molar-refractivity contribution in [2.45, 2.75) is 32.7 Å². The highest BCUT2D eigenvalue weighted by molar-refractivity contribution is 5.83. The van der Waals surface area contributed by atoms with Gasteiger partial charge in [0, 0.05) is 13.1 Å². The molecule has 2 heteroatoms. The maximum Gasteiger partial charge on any atom is 0.230 e. The molecule has 0 aliphatic heterocycles. The van der Waals surface area contributed by atoms with Crippen LogP contribution >= 0.6 is 0 Å². The first-order chi connectivity index (χ1) is 10.3. The topological polar surface area (TPSA) is 20.3 Å². The third-order valence-corrected chi connectivity index (χ3v) is 3.82. The molecule has 0 aliphatic carbocycles. The molecule has 1 atom stereocenters. The lowest BCUT2D eigenvalue weighted by Crippen LogP contribution is -2.34. The van der Waals surface area contributed by atoms with Gasteiger partial charge in [-0.3, -0.25) is 4.79 Å². The fourth-order valence-electron chi connectivity index (χ4n) is 2.61. The van der Waals surface area contributed by atoms with Crippen LogP contribution in [0.25, 0.3) is 0 Å². The van der Waals surface area contributed by atoms with Gasteiger partial charge in [-0.1, -0.05) is 67.6 Å². The third kappa shape index (κ3) is 3.94. The van der Waals surface area contributed by atoms with Gasteiger partial charge in [0.15, 0.2) is 0 Å². The van der Waals surface area contributed by atoms with Gasteiger partial charge < -0.3 is 4.90 Å². The number of benzene rings is 2. The molecule has 110 valence electrons. The van der Waals surface area contributed by atoms with Gasteiger partial charge in [0.05, 0.1) is 5.92 Å². The van der Waals surface area contributed by atoms with Gasteiger partial charge in [0.2, 0.25) is 5.91 Å². The molecule has 2 nitrogen and oxygen atoms in total. The maximum absolute atomic E-state index is 12.8. The molecule has 2 aromatic rings. The maximum atomic E-state index is 12.8. The van der Waals surface area contributed by atoms with Crippen LogP contribution in [0.2, 0.25) is 0 Å². The zero-order valence-corrected chi connectivity index (χ0v) is 12.8. The third-order valence-electron chi connectivity index (χ3n) is 3.82. The number of carbonyl (C=O) groups excluding carboxylic acids is 1. The molecule has 0 radical (unpaired) electrons. The lowest BCUT2D eigenvalue weighted by atomic mass is 9.95. The first kappa shape index (κ1) is 15.3. The van der Waals surface area contributed by atoms with E-state index in [-0.39, 0.29) is 11.8 Å². The second-order valence-electron chi connectivity index (χ2n) is 5.21. The van der Waals surface area contributed by atoms with Crippen LogP contribution in [0.5, 0.6) is 0 Å². The summed E-state index contributed by atoms with van der Waals surface area (Å²) < 4.78 is 0. The Hall–Kier alpha value is -2.09. The summed E-state index contributed by atoms with van der Waals surface area (Å²) in [5, 5.41) is 0. The Morgan fingerprint density at radius 3 is 2.05 bits per heavy atom. The van der Waals surface area contributed by atoms with Crippen LogP contribution in [0.3, 0.4) is 0 Å². The van der Waals surface area contributed by atoms with Crippen LogP contribution < -0.4 is 0 Å². The van der Waals surface area contributed by atoms with Crippen LogP contribution in [-0.2, 0) is 11.3 Å². The van der Waals surface area contributed by atoms with Crippen LogP contribution in [0.4, 0.5) is 0 Å². The average Bonchev–Trinajstić information content (AvgIpc) is 2.55. The number of nitrogens with zero attached hydrogens (tertiary/aromatic N) is 1. The molecular formula is C19H23NO. The van der Waals surface area contributed by atoms with Crippen molar-refractivity contribution in [3.8, 4) is 0 Å². The van der Waals surface area contributed by atoms with Crippen LogP contribution in [0, 0.1) is 0 Å². The molecule has 0 heterocycles. The van der Waals surface area contributed by atoms with Gasteiger partial charge in [-0.05, 0) is 24.5 Å². The van der Waals surface area contributed by atoms with E-state index in [1.54, 1.807) is 0 Å². The van der Waals surface area contributed by atoms with E-state index < -0.39 is 0 Å². The monoisotopic (exact) mass is 281 g/mol. The Bertz CT molecular complexity index is 550. The Balaban J connectivity index is 2.15. The minimum absolute atomic E-state index is 0.0464. The average molecular weight is 281 g/mol. The van der Waals surface area contributed by atoms with Crippen molar-refractivity contribution in [3.63, 3.8) is 0 Å². The van der Waals surface area contributed by atoms with E-state index in [0.717, 1.165) is 18.5 Å². The second kappa shape index (κ2) is 7.63. The van der Waals surface area contributed by atoms with Crippen molar-refractivity contribution in [1.82, 2.24) is 4.90 Å². The molecule has 2 aromatic carbocycles. The van der Waals surface area contributed by atoms with E-state index in [2.05, 4.69) is 19.1 Å². The summed E-state index contributed by atoms with van der Waals surface area (Å²) in [6.45, 7) is 5.53. The lowest BCUT2D eigenvalue weighted by molar-refractivity contribution is -0.133. The summed E-state index contributed by atoms with van der Waals surface area (Å²) in [6, 6.07) is 20.2. The van der Waals surface area contributed by atoms with E-state index in [4.69, 9.17) is 0 Å². The summed E-state index contributed by atoms with van der Waals surface area (Å²) >= 11 is 0. The summed E-state index contributed by atoms with van der Waals surface area (Å²) in [7, 11) is 0. The normalized spacial score (nSPS) is 11.9. The Morgan fingerprint density at radius 2 is 1.52 bits per heavy atom.